The van der Waals surface area contributed by atoms with Crippen molar-refractivity contribution in [3.05, 3.63) is 52.0 Å². The van der Waals surface area contributed by atoms with Gasteiger partial charge in [0.05, 0.1) is 27.2 Å². The van der Waals surface area contributed by atoms with Gasteiger partial charge in [0.25, 0.3) is 0 Å². The molecule has 2 rings (SSSR count). The van der Waals surface area contributed by atoms with Crippen LogP contribution >= 0.6 is 35.0 Å². The Bertz CT molecular complexity index is 677. The average molecular weight is 341 g/mol. The molecule has 0 aromatic heterocycles. The van der Waals surface area contributed by atoms with Gasteiger partial charge in [-0.05, 0) is 42.8 Å². The number of carbonyl (C=O) groups is 1. The molecule has 0 unspecified atom stereocenters. The summed E-state index contributed by atoms with van der Waals surface area (Å²) in [6.45, 7) is 1.95. The topological polar surface area (TPSA) is 55.1 Å². The third kappa shape index (κ3) is 4.56. The first kappa shape index (κ1) is 16.0. The standard InChI is InChI=1S/C15H14Cl2N2OS/c1-9-2-5-14(13(18)6-9)19-15(20)8-21-10-3-4-11(16)12(17)7-10/h2-7H,8,18H2,1H3,(H,19,20). The highest BCUT2D eigenvalue weighted by atomic mass is 35.5. The summed E-state index contributed by atoms with van der Waals surface area (Å²) >= 11 is 13.2. The maximum Gasteiger partial charge on any atom is 0.234 e. The predicted octanol–water partition coefficient (Wildman–Crippen LogP) is 4.61. The lowest BCUT2D eigenvalue weighted by Gasteiger charge is -2.09. The zero-order valence-corrected chi connectivity index (χ0v) is 13.6. The summed E-state index contributed by atoms with van der Waals surface area (Å²) < 4.78 is 0. The van der Waals surface area contributed by atoms with Gasteiger partial charge in [-0.1, -0.05) is 29.3 Å². The molecule has 6 heteroatoms. The Balaban J connectivity index is 1.94. The van der Waals surface area contributed by atoms with Gasteiger partial charge < -0.3 is 11.1 Å². The number of carbonyl (C=O) groups excluding carboxylic acids is 1. The maximum atomic E-state index is 11.9. The molecule has 0 heterocycles. The van der Waals surface area contributed by atoms with Gasteiger partial charge in [-0.25, -0.2) is 0 Å². The third-order valence-corrected chi connectivity index (χ3v) is 4.47. The Kier molecular flexibility index (Phi) is 5.39. The Morgan fingerprint density at radius 1 is 1.19 bits per heavy atom. The summed E-state index contributed by atoms with van der Waals surface area (Å²) in [5.41, 5.74) is 8.09. The average Bonchev–Trinajstić information content (AvgIpc) is 2.43. The Morgan fingerprint density at radius 3 is 2.62 bits per heavy atom. The predicted molar refractivity (Wildman–Crippen MR) is 91.4 cm³/mol. The van der Waals surface area contributed by atoms with E-state index in [2.05, 4.69) is 5.32 Å². The molecule has 0 bridgehead atoms. The van der Waals surface area contributed by atoms with Crippen LogP contribution in [0.3, 0.4) is 0 Å². The van der Waals surface area contributed by atoms with Crippen molar-refractivity contribution in [3.8, 4) is 0 Å². The molecule has 0 fully saturated rings. The van der Waals surface area contributed by atoms with Gasteiger partial charge in [-0.2, -0.15) is 0 Å². The molecule has 21 heavy (non-hydrogen) atoms. The van der Waals surface area contributed by atoms with Crippen LogP contribution < -0.4 is 11.1 Å². The first-order valence-corrected chi connectivity index (χ1v) is 7.93. The Hall–Kier alpha value is -1.36. The molecular formula is C15H14Cl2N2OS. The van der Waals surface area contributed by atoms with Crippen molar-refractivity contribution < 1.29 is 4.79 Å². The molecule has 0 spiro atoms. The highest BCUT2D eigenvalue weighted by Gasteiger charge is 2.07. The van der Waals surface area contributed by atoms with Crippen LogP contribution in [0.4, 0.5) is 11.4 Å². The number of amides is 1. The SMILES string of the molecule is Cc1ccc(NC(=O)CSc2ccc(Cl)c(Cl)c2)c(N)c1. The number of rotatable bonds is 4. The van der Waals surface area contributed by atoms with Crippen molar-refractivity contribution in [2.75, 3.05) is 16.8 Å². The van der Waals surface area contributed by atoms with Gasteiger partial charge >= 0.3 is 0 Å². The van der Waals surface area contributed by atoms with Gasteiger partial charge in [0.15, 0.2) is 0 Å². The van der Waals surface area contributed by atoms with Crippen LogP contribution in [0.15, 0.2) is 41.3 Å². The van der Waals surface area contributed by atoms with E-state index in [4.69, 9.17) is 28.9 Å². The molecule has 0 aliphatic heterocycles. The second kappa shape index (κ2) is 7.07. The van der Waals surface area contributed by atoms with E-state index >= 15 is 0 Å². The minimum absolute atomic E-state index is 0.123. The number of hydrogen-bond donors (Lipinski definition) is 2. The normalized spacial score (nSPS) is 10.4. The van der Waals surface area contributed by atoms with E-state index in [1.807, 2.05) is 25.1 Å². The van der Waals surface area contributed by atoms with Crippen LogP contribution in [0.5, 0.6) is 0 Å². The number of nitrogens with one attached hydrogen (secondary N) is 1. The summed E-state index contributed by atoms with van der Waals surface area (Å²) in [5, 5.41) is 3.76. The van der Waals surface area contributed by atoms with Crippen molar-refractivity contribution in [3.63, 3.8) is 0 Å². The molecule has 0 radical (unpaired) electrons. The van der Waals surface area contributed by atoms with Crippen LogP contribution in [-0.4, -0.2) is 11.7 Å². The fraction of sp³-hybridized carbons (Fsp3) is 0.133. The second-order valence-corrected chi connectivity index (χ2v) is 6.37. The highest BCUT2D eigenvalue weighted by molar-refractivity contribution is 8.00. The molecule has 0 saturated heterocycles. The van der Waals surface area contributed by atoms with E-state index in [9.17, 15) is 4.79 Å². The van der Waals surface area contributed by atoms with E-state index in [0.29, 0.717) is 21.4 Å². The van der Waals surface area contributed by atoms with Gasteiger partial charge in [0.2, 0.25) is 5.91 Å². The van der Waals surface area contributed by atoms with E-state index in [1.165, 1.54) is 11.8 Å². The number of nitrogen functional groups attached to an aromatic ring is 1. The van der Waals surface area contributed by atoms with Crippen LogP contribution in [-0.2, 0) is 4.79 Å². The van der Waals surface area contributed by atoms with Crippen LogP contribution in [0.2, 0.25) is 10.0 Å². The van der Waals surface area contributed by atoms with E-state index in [1.54, 1.807) is 18.2 Å². The number of aryl methyl sites for hydroxylation is 1. The van der Waals surface area contributed by atoms with E-state index < -0.39 is 0 Å². The number of benzene rings is 2. The fourth-order valence-corrected chi connectivity index (χ4v) is 2.80. The Labute approximate surface area is 137 Å². The maximum absolute atomic E-state index is 11.9. The Morgan fingerprint density at radius 2 is 1.95 bits per heavy atom. The fourth-order valence-electron chi connectivity index (χ4n) is 1.70. The summed E-state index contributed by atoms with van der Waals surface area (Å²) in [4.78, 5) is 12.8. The molecule has 1 amide bonds. The molecule has 3 N–H and O–H groups in total. The van der Waals surface area contributed by atoms with Gasteiger partial charge in [-0.3, -0.25) is 4.79 Å². The lowest BCUT2D eigenvalue weighted by atomic mass is 10.2. The smallest absolute Gasteiger partial charge is 0.234 e. The summed E-state index contributed by atoms with van der Waals surface area (Å²) in [7, 11) is 0. The van der Waals surface area contributed by atoms with Crippen LogP contribution in [0.1, 0.15) is 5.56 Å². The molecule has 0 aliphatic carbocycles. The molecule has 2 aromatic rings. The quantitative estimate of drug-likeness (QED) is 0.630. The lowest BCUT2D eigenvalue weighted by Crippen LogP contribution is -2.15. The molecule has 0 atom stereocenters. The molecule has 0 aliphatic rings. The van der Waals surface area contributed by atoms with Crippen molar-refractivity contribution in [1.82, 2.24) is 0 Å². The van der Waals surface area contributed by atoms with Gasteiger partial charge in [0.1, 0.15) is 0 Å². The van der Waals surface area contributed by atoms with Crippen molar-refractivity contribution in [1.29, 1.82) is 0 Å². The van der Waals surface area contributed by atoms with Gasteiger partial charge in [0, 0.05) is 4.90 Å². The van der Waals surface area contributed by atoms with Gasteiger partial charge in [-0.15, -0.1) is 11.8 Å². The largest absolute Gasteiger partial charge is 0.397 e. The summed E-state index contributed by atoms with van der Waals surface area (Å²) in [6, 6.07) is 10.8. The molecule has 3 nitrogen and oxygen atoms in total. The number of thioether (sulfide) groups is 1. The molecular weight excluding hydrogens is 327 g/mol. The molecule has 110 valence electrons. The third-order valence-electron chi connectivity index (χ3n) is 2.74. The van der Waals surface area contributed by atoms with Crippen molar-refractivity contribution in [2.24, 2.45) is 0 Å². The number of anilines is 2. The second-order valence-electron chi connectivity index (χ2n) is 4.50. The number of nitrogens with two attached hydrogens (primary N) is 1. The zero-order chi connectivity index (χ0) is 15.4. The zero-order valence-electron chi connectivity index (χ0n) is 11.3. The molecule has 2 aromatic carbocycles. The lowest BCUT2D eigenvalue weighted by molar-refractivity contribution is -0.113. The van der Waals surface area contributed by atoms with Crippen LogP contribution in [0.25, 0.3) is 0 Å². The number of hydrogen-bond acceptors (Lipinski definition) is 3. The van der Waals surface area contributed by atoms with E-state index in [-0.39, 0.29) is 11.7 Å². The monoisotopic (exact) mass is 340 g/mol. The van der Waals surface area contributed by atoms with Crippen molar-refractivity contribution >= 4 is 52.2 Å². The minimum atomic E-state index is -0.123. The molecule has 0 saturated carbocycles. The highest BCUT2D eigenvalue weighted by Crippen LogP contribution is 2.28. The summed E-state index contributed by atoms with van der Waals surface area (Å²) in [6.07, 6.45) is 0. The first-order valence-electron chi connectivity index (χ1n) is 6.19. The minimum Gasteiger partial charge on any atom is -0.397 e. The summed E-state index contributed by atoms with van der Waals surface area (Å²) in [5.74, 6) is 0.146. The van der Waals surface area contributed by atoms with Crippen LogP contribution in [0, 0.1) is 6.92 Å². The van der Waals surface area contributed by atoms with Crippen molar-refractivity contribution in [2.45, 2.75) is 11.8 Å². The van der Waals surface area contributed by atoms with E-state index in [0.717, 1.165) is 10.5 Å². The number of halogens is 2. The first-order chi connectivity index (χ1) is 9.95.